The van der Waals surface area contributed by atoms with E-state index in [-0.39, 0.29) is 11.2 Å². The average molecular weight is 178 g/mol. The first-order valence-corrected chi connectivity index (χ1v) is 3.94. The molecule has 0 spiro atoms. The molecule has 1 rings (SSSR count). The second-order valence-corrected chi connectivity index (χ2v) is 2.45. The van der Waals surface area contributed by atoms with Crippen LogP contribution in [0.1, 0.15) is 13.3 Å². The summed E-state index contributed by atoms with van der Waals surface area (Å²) in [6, 6.07) is 1.32. The van der Waals surface area contributed by atoms with Gasteiger partial charge in [0.15, 0.2) is 0 Å². The van der Waals surface area contributed by atoms with E-state index in [0.29, 0.717) is 13.0 Å². The second-order valence-electron chi connectivity index (χ2n) is 2.45. The highest BCUT2D eigenvalue weighted by Gasteiger charge is 1.96. The van der Waals surface area contributed by atoms with Crippen molar-refractivity contribution in [2.24, 2.45) is 0 Å². The quantitative estimate of drug-likeness (QED) is 0.645. The summed E-state index contributed by atoms with van der Waals surface area (Å²) in [6.07, 6.45) is 1.86. The molecule has 0 aliphatic rings. The molecule has 0 saturated heterocycles. The topological polar surface area (TPSA) is 54.9 Å². The van der Waals surface area contributed by atoms with Gasteiger partial charge in [0.25, 0.3) is 5.56 Å². The van der Waals surface area contributed by atoms with E-state index in [0.717, 1.165) is 4.57 Å². The molecule has 68 valence electrons. The standard InChI is InChI=1S/C9H10N2O2/c1-2-3-4-7-11-8(12)5-6-10-9(11)13/h5-6H,4,7H2,1H3,(H,10,13). The first kappa shape index (κ1) is 9.33. The van der Waals surface area contributed by atoms with E-state index in [1.807, 2.05) is 0 Å². The summed E-state index contributed by atoms with van der Waals surface area (Å²) in [7, 11) is 0. The van der Waals surface area contributed by atoms with E-state index in [2.05, 4.69) is 16.8 Å². The van der Waals surface area contributed by atoms with Crippen LogP contribution in [0.15, 0.2) is 21.9 Å². The minimum absolute atomic E-state index is 0.290. The van der Waals surface area contributed by atoms with E-state index < -0.39 is 0 Å². The number of aromatic nitrogens is 2. The zero-order valence-electron chi connectivity index (χ0n) is 7.33. The molecule has 0 saturated carbocycles. The molecule has 1 N–H and O–H groups in total. The Morgan fingerprint density at radius 1 is 1.54 bits per heavy atom. The number of rotatable bonds is 2. The van der Waals surface area contributed by atoms with Gasteiger partial charge in [0, 0.05) is 25.2 Å². The largest absolute Gasteiger partial charge is 0.328 e. The molecule has 0 bridgehead atoms. The first-order valence-electron chi connectivity index (χ1n) is 3.94. The average Bonchev–Trinajstić information content (AvgIpc) is 2.10. The predicted octanol–water partition coefficient (Wildman–Crippen LogP) is -0.0500. The monoisotopic (exact) mass is 178 g/mol. The fourth-order valence-corrected chi connectivity index (χ4v) is 0.957. The Bertz CT molecular complexity index is 417. The number of nitrogens with one attached hydrogen (secondary N) is 1. The molecular formula is C9H10N2O2. The summed E-state index contributed by atoms with van der Waals surface area (Å²) in [5.74, 6) is 5.49. The van der Waals surface area contributed by atoms with Gasteiger partial charge in [0.2, 0.25) is 0 Å². The molecule has 0 amide bonds. The van der Waals surface area contributed by atoms with Crippen molar-refractivity contribution >= 4 is 0 Å². The Balaban J connectivity index is 2.92. The number of hydrogen-bond acceptors (Lipinski definition) is 2. The Kier molecular flexibility index (Phi) is 3.09. The Hall–Kier alpha value is -1.76. The van der Waals surface area contributed by atoms with Gasteiger partial charge in [-0.3, -0.25) is 9.36 Å². The molecule has 1 aromatic rings. The van der Waals surface area contributed by atoms with Crippen LogP contribution in [0.3, 0.4) is 0 Å². The Labute approximate surface area is 75.2 Å². The molecular weight excluding hydrogens is 168 g/mol. The van der Waals surface area contributed by atoms with Crippen LogP contribution in [-0.4, -0.2) is 9.55 Å². The second kappa shape index (κ2) is 4.31. The normalized spacial score (nSPS) is 9.00. The van der Waals surface area contributed by atoms with E-state index in [4.69, 9.17) is 0 Å². The lowest BCUT2D eigenvalue weighted by Gasteiger charge is -1.98. The summed E-state index contributed by atoms with van der Waals surface area (Å²) >= 11 is 0. The van der Waals surface area contributed by atoms with Crippen molar-refractivity contribution in [3.63, 3.8) is 0 Å². The van der Waals surface area contributed by atoms with Crippen LogP contribution in [0.4, 0.5) is 0 Å². The lowest BCUT2D eigenvalue weighted by molar-refractivity contribution is 0.643. The Morgan fingerprint density at radius 3 is 2.92 bits per heavy atom. The van der Waals surface area contributed by atoms with Gasteiger partial charge in [0.1, 0.15) is 0 Å². The molecule has 0 fully saturated rings. The van der Waals surface area contributed by atoms with Crippen molar-refractivity contribution in [1.29, 1.82) is 0 Å². The smallest absolute Gasteiger partial charge is 0.314 e. The van der Waals surface area contributed by atoms with Crippen molar-refractivity contribution in [3.05, 3.63) is 33.1 Å². The van der Waals surface area contributed by atoms with Crippen LogP contribution in [0.5, 0.6) is 0 Å². The molecule has 0 aliphatic heterocycles. The summed E-state index contributed by atoms with van der Waals surface area (Å²) in [6.45, 7) is 2.06. The SMILES string of the molecule is CC#CCCn1c(=O)cc[nH]c1=O. The number of hydrogen-bond donors (Lipinski definition) is 1. The van der Waals surface area contributed by atoms with Gasteiger partial charge in [-0.25, -0.2) is 4.79 Å². The lowest BCUT2D eigenvalue weighted by Crippen LogP contribution is -2.33. The van der Waals surface area contributed by atoms with Crippen LogP contribution in [-0.2, 0) is 6.54 Å². The van der Waals surface area contributed by atoms with E-state index in [1.165, 1.54) is 12.3 Å². The number of aromatic amines is 1. The fourth-order valence-electron chi connectivity index (χ4n) is 0.957. The maximum atomic E-state index is 11.1. The van der Waals surface area contributed by atoms with Gasteiger partial charge >= 0.3 is 5.69 Å². The summed E-state index contributed by atoms with van der Waals surface area (Å²) in [5.41, 5.74) is -0.674. The highest BCUT2D eigenvalue weighted by molar-refractivity contribution is 4.95. The van der Waals surface area contributed by atoms with Crippen LogP contribution in [0.2, 0.25) is 0 Å². The van der Waals surface area contributed by atoms with Gasteiger partial charge in [-0.1, -0.05) is 0 Å². The van der Waals surface area contributed by atoms with Crippen molar-refractivity contribution in [2.75, 3.05) is 0 Å². The van der Waals surface area contributed by atoms with Gasteiger partial charge < -0.3 is 4.98 Å². The summed E-state index contributed by atoms with van der Waals surface area (Å²) in [5, 5.41) is 0. The molecule has 0 atom stereocenters. The molecule has 4 nitrogen and oxygen atoms in total. The van der Waals surface area contributed by atoms with Crippen molar-refractivity contribution in [1.82, 2.24) is 9.55 Å². The summed E-state index contributed by atoms with van der Waals surface area (Å²) in [4.78, 5) is 24.6. The minimum Gasteiger partial charge on any atom is -0.314 e. The van der Waals surface area contributed by atoms with Crippen LogP contribution in [0.25, 0.3) is 0 Å². The molecule has 0 aromatic carbocycles. The van der Waals surface area contributed by atoms with Gasteiger partial charge in [-0.2, -0.15) is 0 Å². The zero-order chi connectivity index (χ0) is 9.68. The first-order chi connectivity index (χ1) is 6.25. The van der Waals surface area contributed by atoms with Crippen molar-refractivity contribution in [3.8, 4) is 11.8 Å². The lowest BCUT2D eigenvalue weighted by atomic mass is 10.4. The Morgan fingerprint density at radius 2 is 2.31 bits per heavy atom. The zero-order valence-corrected chi connectivity index (χ0v) is 7.33. The van der Waals surface area contributed by atoms with Crippen LogP contribution in [0, 0.1) is 11.8 Å². The maximum absolute atomic E-state index is 11.1. The van der Waals surface area contributed by atoms with Gasteiger partial charge in [-0.05, 0) is 6.92 Å². The molecule has 0 aliphatic carbocycles. The highest BCUT2D eigenvalue weighted by atomic mass is 16.2. The van der Waals surface area contributed by atoms with Gasteiger partial charge in [-0.15, -0.1) is 11.8 Å². The number of H-pyrrole nitrogens is 1. The van der Waals surface area contributed by atoms with E-state index >= 15 is 0 Å². The fraction of sp³-hybridized carbons (Fsp3) is 0.333. The van der Waals surface area contributed by atoms with Crippen molar-refractivity contribution in [2.45, 2.75) is 19.9 Å². The number of nitrogens with zero attached hydrogens (tertiary/aromatic N) is 1. The molecule has 4 heteroatoms. The van der Waals surface area contributed by atoms with Gasteiger partial charge in [0.05, 0.1) is 0 Å². The molecule has 1 aromatic heterocycles. The third kappa shape index (κ3) is 2.34. The van der Waals surface area contributed by atoms with Crippen molar-refractivity contribution < 1.29 is 0 Å². The van der Waals surface area contributed by atoms with E-state index in [1.54, 1.807) is 6.92 Å². The third-order valence-electron chi connectivity index (χ3n) is 1.58. The molecule has 0 unspecified atom stereocenters. The van der Waals surface area contributed by atoms with Crippen LogP contribution >= 0.6 is 0 Å². The predicted molar refractivity (Wildman–Crippen MR) is 49.4 cm³/mol. The molecule has 13 heavy (non-hydrogen) atoms. The summed E-state index contributed by atoms with van der Waals surface area (Å²) < 4.78 is 1.13. The third-order valence-corrected chi connectivity index (χ3v) is 1.58. The highest BCUT2D eigenvalue weighted by Crippen LogP contribution is 1.78. The molecule has 1 heterocycles. The minimum atomic E-state index is -0.384. The molecule has 0 radical (unpaired) electrons. The van der Waals surface area contributed by atoms with E-state index in [9.17, 15) is 9.59 Å². The maximum Gasteiger partial charge on any atom is 0.328 e. The van der Waals surface area contributed by atoms with Crippen LogP contribution < -0.4 is 11.2 Å².